The fraction of sp³-hybridized carbons (Fsp3) is 0.278. The molecule has 0 saturated heterocycles. The molecule has 2 rings (SSSR count). The molecule has 0 bridgehead atoms. The number of phenolic OH excluding ortho intramolecular Hbond substituents is 2. The number of phenols is 2. The van der Waals surface area contributed by atoms with Crippen LogP contribution in [0.5, 0.6) is 11.5 Å². The molecule has 2 unspecified atom stereocenters. The van der Waals surface area contributed by atoms with Crippen LogP contribution in [-0.4, -0.2) is 21.3 Å². The Morgan fingerprint density at radius 3 is 1.68 bits per heavy atom. The molecule has 0 heterocycles. The summed E-state index contributed by atoms with van der Waals surface area (Å²) in [6.07, 6.45) is 1.06. The molecule has 0 radical (unpaired) electrons. The van der Waals surface area contributed by atoms with Crippen LogP contribution in [0.1, 0.15) is 18.1 Å². The fourth-order valence-electron chi connectivity index (χ4n) is 2.56. The van der Waals surface area contributed by atoms with Crippen LogP contribution in [0.15, 0.2) is 48.5 Å². The zero-order valence-electron chi connectivity index (χ0n) is 12.4. The van der Waals surface area contributed by atoms with Crippen molar-refractivity contribution in [2.45, 2.75) is 19.8 Å². The molecule has 0 aliphatic carbocycles. The maximum atomic E-state index is 11.6. The lowest BCUT2D eigenvalue weighted by atomic mass is 9.84. The van der Waals surface area contributed by atoms with Gasteiger partial charge in [0.2, 0.25) is 0 Å². The quantitative estimate of drug-likeness (QED) is 0.765. The molecule has 0 fully saturated rings. The monoisotopic (exact) mass is 300 g/mol. The van der Waals surface area contributed by atoms with Crippen molar-refractivity contribution in [3.63, 3.8) is 0 Å². The van der Waals surface area contributed by atoms with Crippen molar-refractivity contribution in [3.05, 3.63) is 59.7 Å². The van der Waals surface area contributed by atoms with Crippen molar-refractivity contribution in [1.82, 2.24) is 0 Å². The standard InChI is InChI=1S/C18H20O4/c1-12(10-13-2-6-15(19)7-3-13)17(18(21)22)11-14-4-8-16(20)9-5-14/h2-9,12,17,19-20H,10-11H2,1H3,(H,21,22). The number of carbonyl (C=O) groups is 1. The summed E-state index contributed by atoms with van der Waals surface area (Å²) in [5.74, 6) is -0.989. The fourth-order valence-corrected chi connectivity index (χ4v) is 2.56. The largest absolute Gasteiger partial charge is 0.508 e. The van der Waals surface area contributed by atoms with Crippen LogP contribution in [0.3, 0.4) is 0 Å². The second kappa shape index (κ2) is 6.98. The van der Waals surface area contributed by atoms with E-state index in [1.54, 1.807) is 36.4 Å². The van der Waals surface area contributed by atoms with E-state index in [0.29, 0.717) is 12.8 Å². The highest BCUT2D eigenvalue weighted by atomic mass is 16.4. The predicted octanol–water partition coefficient (Wildman–Crippen LogP) is 3.22. The zero-order valence-corrected chi connectivity index (χ0v) is 12.4. The second-order valence-corrected chi connectivity index (χ2v) is 5.66. The summed E-state index contributed by atoms with van der Waals surface area (Å²) in [6.45, 7) is 1.92. The van der Waals surface area contributed by atoms with Gasteiger partial charge in [-0.3, -0.25) is 4.79 Å². The smallest absolute Gasteiger partial charge is 0.307 e. The molecule has 2 aromatic carbocycles. The van der Waals surface area contributed by atoms with Gasteiger partial charge in [-0.2, -0.15) is 0 Å². The summed E-state index contributed by atoms with van der Waals surface area (Å²) < 4.78 is 0. The van der Waals surface area contributed by atoms with Gasteiger partial charge in [-0.25, -0.2) is 0 Å². The Morgan fingerprint density at radius 2 is 1.27 bits per heavy atom. The number of carboxylic acids is 1. The first-order chi connectivity index (χ1) is 10.5. The van der Waals surface area contributed by atoms with Crippen molar-refractivity contribution in [1.29, 1.82) is 0 Å². The SMILES string of the molecule is CC(Cc1ccc(O)cc1)C(Cc1ccc(O)cc1)C(=O)O. The topological polar surface area (TPSA) is 77.8 Å². The maximum absolute atomic E-state index is 11.6. The minimum atomic E-state index is -0.820. The molecule has 4 nitrogen and oxygen atoms in total. The maximum Gasteiger partial charge on any atom is 0.307 e. The van der Waals surface area contributed by atoms with Gasteiger partial charge in [0.25, 0.3) is 0 Å². The summed E-state index contributed by atoms with van der Waals surface area (Å²) in [7, 11) is 0. The first-order valence-corrected chi connectivity index (χ1v) is 7.24. The van der Waals surface area contributed by atoms with Gasteiger partial charge in [0.05, 0.1) is 5.92 Å². The molecule has 0 aromatic heterocycles. The van der Waals surface area contributed by atoms with Gasteiger partial charge in [-0.15, -0.1) is 0 Å². The molecular formula is C18H20O4. The van der Waals surface area contributed by atoms with Crippen molar-refractivity contribution in [3.8, 4) is 11.5 Å². The highest BCUT2D eigenvalue weighted by molar-refractivity contribution is 5.70. The first-order valence-electron chi connectivity index (χ1n) is 7.24. The Bertz CT molecular complexity index is 617. The minimum Gasteiger partial charge on any atom is -0.508 e. The second-order valence-electron chi connectivity index (χ2n) is 5.66. The van der Waals surface area contributed by atoms with Crippen molar-refractivity contribution >= 4 is 5.97 Å². The molecule has 22 heavy (non-hydrogen) atoms. The number of hydrogen-bond acceptors (Lipinski definition) is 3. The third-order valence-corrected chi connectivity index (χ3v) is 3.89. The van der Waals surface area contributed by atoms with Crippen molar-refractivity contribution in [2.75, 3.05) is 0 Å². The zero-order chi connectivity index (χ0) is 16.1. The number of rotatable bonds is 6. The van der Waals surface area contributed by atoms with Gasteiger partial charge in [-0.1, -0.05) is 31.2 Å². The normalized spacial score (nSPS) is 13.5. The molecule has 0 aliphatic rings. The van der Waals surface area contributed by atoms with E-state index in [2.05, 4.69) is 0 Å². The van der Waals surface area contributed by atoms with Crippen molar-refractivity contribution < 1.29 is 20.1 Å². The molecule has 116 valence electrons. The number of aromatic hydroxyl groups is 2. The van der Waals surface area contributed by atoms with Crippen LogP contribution in [0.25, 0.3) is 0 Å². The summed E-state index contributed by atoms with van der Waals surface area (Å²) >= 11 is 0. The van der Waals surface area contributed by atoms with E-state index in [4.69, 9.17) is 0 Å². The van der Waals surface area contributed by atoms with E-state index >= 15 is 0 Å². The molecule has 4 heteroatoms. The molecule has 0 spiro atoms. The van der Waals surface area contributed by atoms with Crippen molar-refractivity contribution in [2.24, 2.45) is 11.8 Å². The van der Waals surface area contributed by atoms with E-state index in [0.717, 1.165) is 11.1 Å². The molecule has 2 aromatic rings. The number of aliphatic carboxylic acids is 1. The van der Waals surface area contributed by atoms with Gasteiger partial charge in [0, 0.05) is 0 Å². The summed E-state index contributed by atoms with van der Waals surface area (Å²) in [5, 5.41) is 28.1. The Kier molecular flexibility index (Phi) is 5.04. The lowest BCUT2D eigenvalue weighted by Gasteiger charge is -2.20. The third-order valence-electron chi connectivity index (χ3n) is 3.89. The molecular weight excluding hydrogens is 280 g/mol. The highest BCUT2D eigenvalue weighted by Crippen LogP contribution is 2.24. The molecule has 0 aliphatic heterocycles. The van der Waals surface area contributed by atoms with Gasteiger partial charge in [0.1, 0.15) is 11.5 Å². The minimum absolute atomic E-state index is 0.0455. The molecule has 3 N–H and O–H groups in total. The van der Waals surface area contributed by atoms with Gasteiger partial charge < -0.3 is 15.3 Å². The molecule has 0 saturated carbocycles. The van der Waals surface area contributed by atoms with Gasteiger partial charge in [-0.05, 0) is 54.2 Å². The molecule has 2 atom stereocenters. The van der Waals surface area contributed by atoms with Crippen LogP contribution in [0.4, 0.5) is 0 Å². The average molecular weight is 300 g/mol. The summed E-state index contributed by atoms with van der Waals surface area (Å²) in [4.78, 5) is 11.6. The number of benzene rings is 2. The Morgan fingerprint density at radius 1 is 0.864 bits per heavy atom. The van der Waals surface area contributed by atoms with Gasteiger partial charge >= 0.3 is 5.97 Å². The Hall–Kier alpha value is -2.49. The van der Waals surface area contributed by atoms with E-state index in [-0.39, 0.29) is 17.4 Å². The van der Waals surface area contributed by atoms with Crippen LogP contribution >= 0.6 is 0 Å². The summed E-state index contributed by atoms with van der Waals surface area (Å²) in [5.41, 5.74) is 1.89. The van der Waals surface area contributed by atoms with Crippen LogP contribution in [-0.2, 0) is 17.6 Å². The number of carboxylic acid groups (broad SMARTS) is 1. The van der Waals surface area contributed by atoms with E-state index < -0.39 is 11.9 Å². The average Bonchev–Trinajstić information content (AvgIpc) is 2.48. The number of hydrogen-bond donors (Lipinski definition) is 3. The Balaban J connectivity index is 2.07. The van der Waals surface area contributed by atoms with E-state index in [9.17, 15) is 20.1 Å². The van der Waals surface area contributed by atoms with Gasteiger partial charge in [0.15, 0.2) is 0 Å². The lowest BCUT2D eigenvalue weighted by molar-refractivity contribution is -0.143. The predicted molar refractivity (Wildman–Crippen MR) is 83.9 cm³/mol. The summed E-state index contributed by atoms with van der Waals surface area (Å²) in [6, 6.07) is 13.5. The first kappa shape index (κ1) is 15.9. The molecule has 0 amide bonds. The highest BCUT2D eigenvalue weighted by Gasteiger charge is 2.25. The Labute approximate surface area is 129 Å². The van der Waals surface area contributed by atoms with E-state index in [1.807, 2.05) is 19.1 Å². The van der Waals surface area contributed by atoms with Crippen LogP contribution < -0.4 is 0 Å². The third kappa shape index (κ3) is 4.25. The van der Waals surface area contributed by atoms with E-state index in [1.165, 1.54) is 0 Å². The lowest BCUT2D eigenvalue weighted by Crippen LogP contribution is -2.25. The van der Waals surface area contributed by atoms with Crippen LogP contribution in [0.2, 0.25) is 0 Å². The van der Waals surface area contributed by atoms with Crippen LogP contribution in [0, 0.1) is 11.8 Å².